The van der Waals surface area contributed by atoms with Crippen LogP contribution < -0.4 is 14.2 Å². The van der Waals surface area contributed by atoms with Crippen molar-refractivity contribution in [3.63, 3.8) is 0 Å². The van der Waals surface area contributed by atoms with Gasteiger partial charge in [-0.3, -0.25) is 4.79 Å². The third-order valence-corrected chi connectivity index (χ3v) is 4.52. The molecule has 1 fully saturated rings. The van der Waals surface area contributed by atoms with Crippen LogP contribution in [0.1, 0.15) is 36.5 Å². The van der Waals surface area contributed by atoms with E-state index in [0.29, 0.717) is 29.2 Å². The second-order valence-electron chi connectivity index (χ2n) is 6.11. The zero-order valence-electron chi connectivity index (χ0n) is 14.6. The van der Waals surface area contributed by atoms with E-state index in [2.05, 4.69) is 11.8 Å². The fraction of sp³-hybridized carbons (Fsp3) is 0.611. The first-order valence-corrected chi connectivity index (χ1v) is 8.14. The van der Waals surface area contributed by atoms with Crippen molar-refractivity contribution in [2.24, 2.45) is 5.92 Å². The number of nitrogens with zero attached hydrogens (tertiary/aromatic N) is 1. The molecular weight excluding hydrogens is 294 g/mol. The molecule has 1 aliphatic rings. The maximum Gasteiger partial charge on any atom is 0.203 e. The lowest BCUT2D eigenvalue weighted by Gasteiger charge is -2.29. The number of rotatable bonds is 7. The zero-order chi connectivity index (χ0) is 16.8. The number of methoxy groups -OCH3 is 3. The molecule has 0 bridgehead atoms. The Morgan fingerprint density at radius 2 is 1.65 bits per heavy atom. The molecule has 128 valence electrons. The molecule has 0 atom stereocenters. The molecule has 0 N–H and O–H groups in total. The molecule has 1 aromatic rings. The summed E-state index contributed by atoms with van der Waals surface area (Å²) in [6.07, 6.45) is 2.95. The van der Waals surface area contributed by atoms with Gasteiger partial charge in [-0.25, -0.2) is 0 Å². The van der Waals surface area contributed by atoms with Crippen LogP contribution in [0.5, 0.6) is 17.2 Å². The van der Waals surface area contributed by atoms with Crippen LogP contribution in [0, 0.1) is 5.92 Å². The largest absolute Gasteiger partial charge is 0.493 e. The topological polar surface area (TPSA) is 48.0 Å². The van der Waals surface area contributed by atoms with E-state index in [1.807, 2.05) is 0 Å². The number of likely N-dealkylation sites (tertiary alicyclic amines) is 1. The summed E-state index contributed by atoms with van der Waals surface area (Å²) in [4.78, 5) is 14.9. The third kappa shape index (κ3) is 4.38. The number of benzene rings is 1. The molecule has 0 spiro atoms. The Morgan fingerprint density at radius 1 is 1.09 bits per heavy atom. The molecule has 1 heterocycles. The average Bonchev–Trinajstić information content (AvgIpc) is 2.59. The summed E-state index contributed by atoms with van der Waals surface area (Å²) in [5.41, 5.74) is 0.602. The van der Waals surface area contributed by atoms with E-state index in [1.54, 1.807) is 33.5 Å². The molecule has 5 nitrogen and oxygen atoms in total. The van der Waals surface area contributed by atoms with Crippen molar-refractivity contribution >= 4 is 5.78 Å². The molecule has 0 aromatic heterocycles. The van der Waals surface area contributed by atoms with E-state index in [9.17, 15) is 4.79 Å². The van der Waals surface area contributed by atoms with Crippen LogP contribution in [0.2, 0.25) is 0 Å². The first-order valence-electron chi connectivity index (χ1n) is 8.14. The van der Waals surface area contributed by atoms with Crippen LogP contribution in [-0.2, 0) is 0 Å². The quantitative estimate of drug-likeness (QED) is 0.723. The van der Waals surface area contributed by atoms with E-state index < -0.39 is 0 Å². The van der Waals surface area contributed by atoms with Gasteiger partial charge in [0.25, 0.3) is 0 Å². The highest BCUT2D eigenvalue weighted by Gasteiger charge is 2.19. The molecule has 0 aliphatic carbocycles. The van der Waals surface area contributed by atoms with Gasteiger partial charge in [0.2, 0.25) is 5.75 Å². The van der Waals surface area contributed by atoms with Crippen LogP contribution in [0.15, 0.2) is 12.1 Å². The number of ketones is 1. The number of hydrogen-bond donors (Lipinski definition) is 0. The zero-order valence-corrected chi connectivity index (χ0v) is 14.6. The van der Waals surface area contributed by atoms with Gasteiger partial charge in [0.05, 0.1) is 21.3 Å². The lowest BCUT2D eigenvalue weighted by atomic mass is 9.98. The summed E-state index contributed by atoms with van der Waals surface area (Å²) < 4.78 is 15.9. The van der Waals surface area contributed by atoms with Gasteiger partial charge < -0.3 is 19.1 Å². The van der Waals surface area contributed by atoms with Crippen molar-refractivity contribution in [1.82, 2.24) is 4.90 Å². The molecule has 2 rings (SSSR count). The standard InChI is InChI=1S/C18H27NO4/c1-13-5-8-19(9-6-13)10-7-15(20)14-11-16(21-2)18(23-4)17(12-14)22-3/h11-13H,5-10H2,1-4H3. The van der Waals surface area contributed by atoms with Crippen molar-refractivity contribution < 1.29 is 19.0 Å². The Balaban J connectivity index is 2.04. The molecule has 23 heavy (non-hydrogen) atoms. The van der Waals surface area contributed by atoms with Gasteiger partial charge in [-0.15, -0.1) is 0 Å². The van der Waals surface area contributed by atoms with E-state index in [4.69, 9.17) is 14.2 Å². The van der Waals surface area contributed by atoms with Gasteiger partial charge in [-0.2, -0.15) is 0 Å². The van der Waals surface area contributed by atoms with Gasteiger partial charge in [0.1, 0.15) is 0 Å². The first-order chi connectivity index (χ1) is 11.1. The summed E-state index contributed by atoms with van der Waals surface area (Å²) in [5.74, 6) is 2.44. The number of ether oxygens (including phenoxy) is 3. The molecular formula is C18H27NO4. The van der Waals surface area contributed by atoms with Crippen molar-refractivity contribution in [3.05, 3.63) is 17.7 Å². The smallest absolute Gasteiger partial charge is 0.203 e. The van der Waals surface area contributed by atoms with Crippen molar-refractivity contribution in [1.29, 1.82) is 0 Å². The highest BCUT2D eigenvalue weighted by atomic mass is 16.5. The number of Topliss-reactive ketones (excluding diaryl/α,β-unsaturated/α-hetero) is 1. The maximum atomic E-state index is 12.5. The second-order valence-corrected chi connectivity index (χ2v) is 6.11. The number of carbonyl (C=O) groups is 1. The summed E-state index contributed by atoms with van der Waals surface area (Å²) in [6, 6.07) is 3.45. The Morgan fingerprint density at radius 3 is 2.13 bits per heavy atom. The maximum absolute atomic E-state index is 12.5. The predicted molar refractivity (Wildman–Crippen MR) is 89.9 cm³/mol. The highest BCUT2D eigenvalue weighted by Crippen LogP contribution is 2.38. The minimum absolute atomic E-state index is 0.0999. The Labute approximate surface area is 138 Å². The lowest BCUT2D eigenvalue weighted by molar-refractivity contribution is 0.0952. The molecule has 1 saturated heterocycles. The predicted octanol–water partition coefficient (Wildman–Crippen LogP) is 3.02. The number of hydrogen-bond acceptors (Lipinski definition) is 5. The molecule has 0 saturated carbocycles. The van der Waals surface area contributed by atoms with Crippen molar-refractivity contribution in [2.45, 2.75) is 26.2 Å². The van der Waals surface area contributed by atoms with E-state index >= 15 is 0 Å². The van der Waals surface area contributed by atoms with Crippen LogP contribution in [0.3, 0.4) is 0 Å². The van der Waals surface area contributed by atoms with Gasteiger partial charge in [0, 0.05) is 18.5 Å². The minimum Gasteiger partial charge on any atom is -0.493 e. The Hall–Kier alpha value is -1.75. The summed E-state index contributed by atoms with van der Waals surface area (Å²) in [7, 11) is 4.67. The SMILES string of the molecule is COc1cc(C(=O)CCN2CCC(C)CC2)cc(OC)c1OC. The number of piperidine rings is 1. The van der Waals surface area contributed by atoms with E-state index in [-0.39, 0.29) is 5.78 Å². The Kier molecular flexibility index (Phi) is 6.28. The molecule has 0 unspecified atom stereocenters. The Bertz CT molecular complexity index is 511. The molecule has 0 radical (unpaired) electrons. The summed E-state index contributed by atoms with van der Waals surface area (Å²) >= 11 is 0. The minimum atomic E-state index is 0.0999. The average molecular weight is 321 g/mol. The lowest BCUT2D eigenvalue weighted by Crippen LogP contribution is -2.34. The van der Waals surface area contributed by atoms with Gasteiger partial charge in [-0.1, -0.05) is 6.92 Å². The summed E-state index contributed by atoms with van der Waals surface area (Å²) in [5, 5.41) is 0. The van der Waals surface area contributed by atoms with Gasteiger partial charge in [-0.05, 0) is 44.0 Å². The van der Waals surface area contributed by atoms with Crippen LogP contribution >= 0.6 is 0 Å². The monoisotopic (exact) mass is 321 g/mol. The van der Waals surface area contributed by atoms with Gasteiger partial charge >= 0.3 is 0 Å². The second kappa shape index (κ2) is 8.20. The normalized spacial score (nSPS) is 16.2. The van der Waals surface area contributed by atoms with E-state index in [1.165, 1.54) is 12.8 Å². The third-order valence-electron chi connectivity index (χ3n) is 4.52. The fourth-order valence-electron chi connectivity index (χ4n) is 2.93. The molecule has 0 amide bonds. The van der Waals surface area contributed by atoms with E-state index in [0.717, 1.165) is 25.6 Å². The van der Waals surface area contributed by atoms with Crippen molar-refractivity contribution in [3.8, 4) is 17.2 Å². The number of carbonyl (C=O) groups excluding carboxylic acids is 1. The summed E-state index contributed by atoms with van der Waals surface area (Å²) in [6.45, 7) is 5.27. The first kappa shape index (κ1) is 17.6. The molecule has 1 aliphatic heterocycles. The van der Waals surface area contributed by atoms with Crippen LogP contribution in [-0.4, -0.2) is 51.6 Å². The highest BCUT2D eigenvalue weighted by molar-refractivity contribution is 5.97. The van der Waals surface area contributed by atoms with Crippen molar-refractivity contribution in [2.75, 3.05) is 41.0 Å². The van der Waals surface area contributed by atoms with Crippen LogP contribution in [0.4, 0.5) is 0 Å². The van der Waals surface area contributed by atoms with Gasteiger partial charge in [0.15, 0.2) is 17.3 Å². The molecule has 5 heteroatoms. The fourth-order valence-corrected chi connectivity index (χ4v) is 2.93. The van der Waals surface area contributed by atoms with Crippen LogP contribution in [0.25, 0.3) is 0 Å². The molecule has 1 aromatic carbocycles.